The van der Waals surface area contributed by atoms with Crippen molar-refractivity contribution < 1.29 is 14.2 Å². The zero-order chi connectivity index (χ0) is 16.9. The second-order valence-electron chi connectivity index (χ2n) is 5.91. The number of rotatable bonds is 5. The van der Waals surface area contributed by atoms with Gasteiger partial charge in [-0.05, 0) is 42.2 Å². The standard InChI is InChI=1S/C19H24N2O3/c1-22-17-12-15-6-10-21(13-14-4-8-20-9-5-14)11-7-16(15)18(23-2)19(17)24-3/h4-5,8-9,12H,6-7,10-11,13H2,1-3H3. The molecule has 1 aliphatic rings. The van der Waals surface area contributed by atoms with E-state index in [9.17, 15) is 0 Å². The molecule has 0 fully saturated rings. The summed E-state index contributed by atoms with van der Waals surface area (Å²) in [5.74, 6) is 2.22. The number of fused-ring (bicyclic) bond motifs is 1. The minimum atomic E-state index is 0.682. The Morgan fingerprint density at radius 2 is 1.67 bits per heavy atom. The molecule has 0 spiro atoms. The molecule has 0 radical (unpaired) electrons. The van der Waals surface area contributed by atoms with Crippen LogP contribution in [0.4, 0.5) is 0 Å². The fourth-order valence-electron chi connectivity index (χ4n) is 3.33. The van der Waals surface area contributed by atoms with Crippen LogP contribution < -0.4 is 14.2 Å². The van der Waals surface area contributed by atoms with Crippen molar-refractivity contribution >= 4 is 0 Å². The van der Waals surface area contributed by atoms with E-state index in [0.29, 0.717) is 5.75 Å². The first-order valence-electron chi connectivity index (χ1n) is 8.18. The highest BCUT2D eigenvalue weighted by molar-refractivity contribution is 5.59. The van der Waals surface area contributed by atoms with E-state index in [0.717, 1.165) is 44.0 Å². The molecule has 24 heavy (non-hydrogen) atoms. The number of hydrogen-bond donors (Lipinski definition) is 0. The van der Waals surface area contributed by atoms with Crippen LogP contribution in [0, 0.1) is 0 Å². The summed E-state index contributed by atoms with van der Waals surface area (Å²) in [6.07, 6.45) is 5.60. The lowest BCUT2D eigenvalue weighted by molar-refractivity contribution is 0.278. The summed E-state index contributed by atoms with van der Waals surface area (Å²) in [6.45, 7) is 2.93. The van der Waals surface area contributed by atoms with Crippen molar-refractivity contribution in [1.29, 1.82) is 0 Å². The second-order valence-corrected chi connectivity index (χ2v) is 5.91. The zero-order valence-electron chi connectivity index (χ0n) is 14.5. The van der Waals surface area contributed by atoms with Crippen LogP contribution in [0.5, 0.6) is 17.2 Å². The monoisotopic (exact) mass is 328 g/mol. The third-order valence-electron chi connectivity index (χ3n) is 4.56. The Bertz CT molecular complexity index is 689. The van der Waals surface area contributed by atoms with Gasteiger partial charge in [-0.3, -0.25) is 9.88 Å². The Kier molecular flexibility index (Phi) is 5.20. The lowest BCUT2D eigenvalue weighted by Crippen LogP contribution is -2.25. The Balaban J connectivity index is 1.85. The van der Waals surface area contributed by atoms with E-state index in [1.807, 2.05) is 12.4 Å². The van der Waals surface area contributed by atoms with Crippen LogP contribution in [0.2, 0.25) is 0 Å². The predicted octanol–water partition coefficient (Wildman–Crippen LogP) is 2.71. The van der Waals surface area contributed by atoms with Gasteiger partial charge in [-0.1, -0.05) is 0 Å². The molecule has 1 aromatic carbocycles. The molecule has 2 aromatic rings. The molecule has 0 aliphatic carbocycles. The Morgan fingerprint density at radius 1 is 0.958 bits per heavy atom. The molecule has 0 N–H and O–H groups in total. The number of methoxy groups -OCH3 is 3. The number of nitrogens with zero attached hydrogens (tertiary/aromatic N) is 2. The van der Waals surface area contributed by atoms with Crippen molar-refractivity contribution in [2.75, 3.05) is 34.4 Å². The van der Waals surface area contributed by atoms with Crippen LogP contribution in [0.15, 0.2) is 30.6 Å². The van der Waals surface area contributed by atoms with Gasteiger partial charge < -0.3 is 14.2 Å². The maximum Gasteiger partial charge on any atom is 0.203 e. The van der Waals surface area contributed by atoms with Gasteiger partial charge in [0.05, 0.1) is 21.3 Å². The Morgan fingerprint density at radius 3 is 2.33 bits per heavy atom. The van der Waals surface area contributed by atoms with E-state index in [1.165, 1.54) is 16.7 Å². The topological polar surface area (TPSA) is 43.8 Å². The van der Waals surface area contributed by atoms with E-state index in [-0.39, 0.29) is 0 Å². The van der Waals surface area contributed by atoms with Gasteiger partial charge >= 0.3 is 0 Å². The van der Waals surface area contributed by atoms with E-state index >= 15 is 0 Å². The van der Waals surface area contributed by atoms with Crippen LogP contribution in [-0.2, 0) is 19.4 Å². The summed E-state index contributed by atoms with van der Waals surface area (Å²) >= 11 is 0. The fourth-order valence-corrected chi connectivity index (χ4v) is 3.33. The van der Waals surface area contributed by atoms with Gasteiger partial charge in [0, 0.05) is 37.6 Å². The minimum absolute atomic E-state index is 0.682. The SMILES string of the molecule is COc1cc2c(c(OC)c1OC)CCN(Cc1ccncc1)CC2. The van der Waals surface area contributed by atoms with Gasteiger partial charge in [-0.15, -0.1) is 0 Å². The number of benzene rings is 1. The molecule has 128 valence electrons. The van der Waals surface area contributed by atoms with Crippen LogP contribution >= 0.6 is 0 Å². The highest BCUT2D eigenvalue weighted by atomic mass is 16.5. The fraction of sp³-hybridized carbons (Fsp3) is 0.421. The molecule has 5 heteroatoms. The third kappa shape index (κ3) is 3.31. The number of pyridine rings is 1. The molecule has 0 amide bonds. The van der Waals surface area contributed by atoms with Crippen molar-refractivity contribution in [3.63, 3.8) is 0 Å². The molecule has 0 atom stereocenters. The zero-order valence-corrected chi connectivity index (χ0v) is 14.5. The van der Waals surface area contributed by atoms with Gasteiger partial charge in [0.15, 0.2) is 11.5 Å². The Labute approximate surface area is 143 Å². The minimum Gasteiger partial charge on any atom is -0.493 e. The number of hydrogen-bond acceptors (Lipinski definition) is 5. The number of ether oxygens (including phenoxy) is 3. The molecular weight excluding hydrogens is 304 g/mol. The van der Waals surface area contributed by atoms with Gasteiger partial charge in [0.1, 0.15) is 0 Å². The molecule has 0 bridgehead atoms. The lowest BCUT2D eigenvalue weighted by atomic mass is 10.0. The highest BCUT2D eigenvalue weighted by Crippen LogP contribution is 2.43. The predicted molar refractivity (Wildman–Crippen MR) is 93.0 cm³/mol. The van der Waals surface area contributed by atoms with Crippen molar-refractivity contribution in [2.45, 2.75) is 19.4 Å². The molecule has 1 aromatic heterocycles. The summed E-state index contributed by atoms with van der Waals surface area (Å²) in [5, 5.41) is 0. The van der Waals surface area contributed by atoms with E-state index in [2.05, 4.69) is 28.1 Å². The van der Waals surface area contributed by atoms with Crippen molar-refractivity contribution in [1.82, 2.24) is 9.88 Å². The molecule has 1 aliphatic heterocycles. The first-order chi connectivity index (χ1) is 11.8. The summed E-state index contributed by atoms with van der Waals surface area (Å²) in [7, 11) is 5.01. The van der Waals surface area contributed by atoms with Gasteiger partial charge in [0.2, 0.25) is 5.75 Å². The molecular formula is C19H24N2O3. The maximum absolute atomic E-state index is 5.65. The van der Waals surface area contributed by atoms with Crippen molar-refractivity contribution in [2.24, 2.45) is 0 Å². The average molecular weight is 328 g/mol. The number of aromatic nitrogens is 1. The molecule has 0 unspecified atom stereocenters. The molecule has 5 nitrogen and oxygen atoms in total. The third-order valence-corrected chi connectivity index (χ3v) is 4.56. The van der Waals surface area contributed by atoms with Crippen LogP contribution in [0.25, 0.3) is 0 Å². The highest BCUT2D eigenvalue weighted by Gasteiger charge is 2.23. The molecule has 2 heterocycles. The largest absolute Gasteiger partial charge is 0.493 e. The van der Waals surface area contributed by atoms with Crippen LogP contribution in [-0.4, -0.2) is 44.3 Å². The van der Waals surface area contributed by atoms with E-state index in [4.69, 9.17) is 14.2 Å². The van der Waals surface area contributed by atoms with Gasteiger partial charge in [-0.2, -0.15) is 0 Å². The molecule has 3 rings (SSSR count). The van der Waals surface area contributed by atoms with Gasteiger partial charge in [-0.25, -0.2) is 0 Å². The first-order valence-corrected chi connectivity index (χ1v) is 8.18. The maximum atomic E-state index is 5.65. The molecule has 0 saturated heterocycles. The smallest absolute Gasteiger partial charge is 0.203 e. The van der Waals surface area contributed by atoms with E-state index in [1.54, 1.807) is 21.3 Å². The quantitative estimate of drug-likeness (QED) is 0.844. The summed E-state index contributed by atoms with van der Waals surface area (Å²) in [6, 6.07) is 6.24. The Hall–Kier alpha value is -2.27. The summed E-state index contributed by atoms with van der Waals surface area (Å²) < 4.78 is 16.7. The average Bonchev–Trinajstić information content (AvgIpc) is 2.83. The van der Waals surface area contributed by atoms with Crippen molar-refractivity contribution in [3.05, 3.63) is 47.3 Å². The molecule has 0 saturated carbocycles. The lowest BCUT2D eigenvalue weighted by Gasteiger charge is -2.19. The van der Waals surface area contributed by atoms with Crippen LogP contribution in [0.1, 0.15) is 16.7 Å². The first kappa shape index (κ1) is 16.6. The van der Waals surface area contributed by atoms with Gasteiger partial charge in [0.25, 0.3) is 0 Å². The van der Waals surface area contributed by atoms with Crippen molar-refractivity contribution in [3.8, 4) is 17.2 Å². The van der Waals surface area contributed by atoms with E-state index < -0.39 is 0 Å². The summed E-state index contributed by atoms with van der Waals surface area (Å²) in [5.41, 5.74) is 3.80. The normalized spacial score (nSPS) is 14.6. The van der Waals surface area contributed by atoms with Crippen LogP contribution in [0.3, 0.4) is 0 Å². The second kappa shape index (κ2) is 7.53. The summed E-state index contributed by atoms with van der Waals surface area (Å²) in [4.78, 5) is 6.55.